The monoisotopic (exact) mass is 470 g/mol. The van der Waals surface area contributed by atoms with Crippen LogP contribution in [0.4, 0.5) is 4.79 Å². The van der Waals surface area contributed by atoms with Gasteiger partial charge in [-0.25, -0.2) is 4.79 Å². The molecule has 3 aliphatic heterocycles. The zero-order chi connectivity index (χ0) is 23.7. The van der Waals surface area contributed by atoms with Crippen molar-refractivity contribution in [2.45, 2.75) is 50.2 Å². The number of hydrogen-bond acceptors (Lipinski definition) is 6. The summed E-state index contributed by atoms with van der Waals surface area (Å²) in [5, 5.41) is 2.86. The topological polar surface area (TPSA) is 108 Å². The van der Waals surface area contributed by atoms with Gasteiger partial charge in [-0.3, -0.25) is 19.3 Å². The number of ether oxygens (including phenoxy) is 2. The lowest BCUT2D eigenvalue weighted by Crippen LogP contribution is -2.55. The quantitative estimate of drug-likeness (QED) is 0.647. The van der Waals surface area contributed by atoms with Crippen LogP contribution in [0.5, 0.6) is 11.5 Å². The Kier molecular flexibility index (Phi) is 6.05. The minimum atomic E-state index is -0.709. The molecule has 3 heterocycles. The zero-order valence-electron chi connectivity index (χ0n) is 19.2. The van der Waals surface area contributed by atoms with Crippen LogP contribution < -0.4 is 14.8 Å². The number of fused-ring (bicyclic) bond motifs is 1. The van der Waals surface area contributed by atoms with E-state index in [-0.39, 0.29) is 43.3 Å². The number of para-hydroxylation sites is 2. The summed E-state index contributed by atoms with van der Waals surface area (Å²) in [4.78, 5) is 55.2. The number of urea groups is 1. The summed E-state index contributed by atoms with van der Waals surface area (Å²) in [6.07, 6.45) is 3.28. The Morgan fingerprint density at radius 3 is 2.41 bits per heavy atom. The minimum absolute atomic E-state index is 0.0269. The molecule has 5 amide bonds. The molecule has 1 saturated carbocycles. The van der Waals surface area contributed by atoms with Crippen molar-refractivity contribution in [2.75, 3.05) is 39.3 Å². The highest BCUT2D eigenvalue weighted by molar-refractivity contribution is 6.07. The average molecular weight is 471 g/mol. The normalized spacial score (nSPS) is 23.4. The Morgan fingerprint density at radius 1 is 1.00 bits per heavy atom. The predicted molar refractivity (Wildman–Crippen MR) is 120 cm³/mol. The Balaban J connectivity index is 1.06. The molecular weight excluding hydrogens is 440 g/mol. The van der Waals surface area contributed by atoms with E-state index in [1.165, 1.54) is 4.90 Å². The summed E-state index contributed by atoms with van der Waals surface area (Å²) < 4.78 is 11.5. The summed E-state index contributed by atoms with van der Waals surface area (Å²) >= 11 is 0. The second kappa shape index (κ2) is 9.15. The second-order valence-corrected chi connectivity index (χ2v) is 9.35. The minimum Gasteiger partial charge on any atom is -0.485 e. The molecule has 4 aliphatic rings. The third-order valence-electron chi connectivity index (χ3n) is 7.20. The maximum atomic E-state index is 12.9. The summed E-state index contributed by atoms with van der Waals surface area (Å²) in [5.41, 5.74) is -0.709. The Morgan fingerprint density at radius 2 is 1.68 bits per heavy atom. The van der Waals surface area contributed by atoms with E-state index in [0.717, 1.165) is 12.8 Å². The third-order valence-corrected chi connectivity index (χ3v) is 7.20. The molecule has 1 atom stereocenters. The van der Waals surface area contributed by atoms with Crippen molar-refractivity contribution in [1.82, 2.24) is 20.0 Å². The number of nitrogens with zero attached hydrogens (tertiary/aromatic N) is 3. The summed E-state index contributed by atoms with van der Waals surface area (Å²) in [6.45, 7) is 2.17. The van der Waals surface area contributed by atoms with Crippen LogP contribution in [0, 0.1) is 0 Å². The van der Waals surface area contributed by atoms with Gasteiger partial charge in [-0.15, -0.1) is 0 Å². The maximum Gasteiger partial charge on any atom is 0.325 e. The van der Waals surface area contributed by atoms with E-state index in [1.54, 1.807) is 21.9 Å². The number of nitrogens with one attached hydrogen (secondary N) is 1. The van der Waals surface area contributed by atoms with Crippen LogP contribution in [0.15, 0.2) is 24.3 Å². The highest BCUT2D eigenvalue weighted by Gasteiger charge is 2.52. The molecule has 34 heavy (non-hydrogen) atoms. The average Bonchev–Trinajstić information content (AvgIpc) is 3.43. The van der Waals surface area contributed by atoms with Gasteiger partial charge in [0, 0.05) is 39.1 Å². The molecule has 0 aromatic heterocycles. The molecule has 1 aromatic rings. The molecule has 3 fully saturated rings. The number of carbonyl (C=O) groups excluding carboxylic acids is 4. The molecule has 1 spiro atoms. The molecule has 5 rings (SSSR count). The Labute approximate surface area is 198 Å². The third kappa shape index (κ3) is 4.17. The fraction of sp³-hybridized carbons (Fsp3) is 0.583. The number of carbonyl (C=O) groups is 4. The van der Waals surface area contributed by atoms with Gasteiger partial charge in [0.05, 0.1) is 0 Å². The van der Waals surface area contributed by atoms with Crippen molar-refractivity contribution < 1.29 is 28.7 Å². The van der Waals surface area contributed by atoms with E-state index in [1.807, 2.05) is 12.1 Å². The highest BCUT2D eigenvalue weighted by atomic mass is 16.6. The number of piperazine rings is 1. The highest BCUT2D eigenvalue weighted by Crippen LogP contribution is 2.35. The smallest absolute Gasteiger partial charge is 0.325 e. The molecule has 0 bridgehead atoms. The van der Waals surface area contributed by atoms with Crippen LogP contribution in [0.1, 0.15) is 38.5 Å². The first-order valence-corrected chi connectivity index (χ1v) is 12.1. The predicted octanol–water partition coefficient (Wildman–Crippen LogP) is 1.14. The summed E-state index contributed by atoms with van der Waals surface area (Å²) in [5.74, 6) is 0.881. The van der Waals surface area contributed by atoms with E-state index in [2.05, 4.69) is 5.32 Å². The molecule has 10 nitrogen and oxygen atoms in total. The van der Waals surface area contributed by atoms with Gasteiger partial charge in [0.2, 0.25) is 12.0 Å². The number of benzene rings is 1. The lowest BCUT2D eigenvalue weighted by molar-refractivity contribution is -0.146. The van der Waals surface area contributed by atoms with Crippen LogP contribution in [0.25, 0.3) is 0 Å². The maximum absolute atomic E-state index is 12.9. The van der Waals surface area contributed by atoms with Crippen molar-refractivity contribution in [3.05, 3.63) is 24.3 Å². The van der Waals surface area contributed by atoms with E-state index < -0.39 is 11.6 Å². The Bertz CT molecular complexity index is 983. The SMILES string of the molecule is O=C(CCCN1C(=O)NC2(CCCC2)C1=O)N1CCN(C(=O)C2COc3ccccc3O2)CC1. The van der Waals surface area contributed by atoms with Gasteiger partial charge in [-0.05, 0) is 31.4 Å². The lowest BCUT2D eigenvalue weighted by atomic mass is 9.98. The van der Waals surface area contributed by atoms with E-state index in [0.29, 0.717) is 56.9 Å². The van der Waals surface area contributed by atoms with Gasteiger partial charge in [0.15, 0.2) is 11.5 Å². The molecule has 182 valence electrons. The van der Waals surface area contributed by atoms with Crippen LogP contribution >= 0.6 is 0 Å². The van der Waals surface area contributed by atoms with Crippen molar-refractivity contribution in [3.63, 3.8) is 0 Å². The molecule has 1 aromatic carbocycles. The van der Waals surface area contributed by atoms with Crippen LogP contribution in [0.2, 0.25) is 0 Å². The first-order chi connectivity index (χ1) is 16.5. The van der Waals surface area contributed by atoms with Gasteiger partial charge in [0.1, 0.15) is 12.1 Å². The first-order valence-electron chi connectivity index (χ1n) is 12.1. The van der Waals surface area contributed by atoms with E-state index in [4.69, 9.17) is 9.47 Å². The largest absolute Gasteiger partial charge is 0.485 e. The van der Waals surface area contributed by atoms with Crippen LogP contribution in [-0.4, -0.2) is 89.4 Å². The lowest BCUT2D eigenvalue weighted by Gasteiger charge is -2.37. The van der Waals surface area contributed by atoms with Crippen molar-refractivity contribution >= 4 is 23.8 Å². The fourth-order valence-corrected chi connectivity index (χ4v) is 5.26. The van der Waals surface area contributed by atoms with Gasteiger partial charge >= 0.3 is 6.03 Å². The molecule has 1 aliphatic carbocycles. The van der Waals surface area contributed by atoms with Crippen LogP contribution in [-0.2, 0) is 14.4 Å². The number of amides is 5. The molecular formula is C24H30N4O6. The Hall–Kier alpha value is -3.30. The fourth-order valence-electron chi connectivity index (χ4n) is 5.26. The molecule has 2 saturated heterocycles. The van der Waals surface area contributed by atoms with Crippen molar-refractivity contribution in [1.29, 1.82) is 0 Å². The molecule has 10 heteroatoms. The standard InChI is InChI=1S/C24H30N4O6/c29-20(8-5-11-28-22(31)24(25-23(28)32)9-3-4-10-24)26-12-14-27(15-13-26)21(30)19-16-33-17-6-1-2-7-18(17)34-19/h1-2,6-7,19H,3-5,8-16H2,(H,25,32). The number of imide groups is 1. The molecule has 1 unspecified atom stereocenters. The van der Waals surface area contributed by atoms with Gasteiger partial charge in [-0.1, -0.05) is 25.0 Å². The van der Waals surface area contributed by atoms with Gasteiger partial charge in [0.25, 0.3) is 11.8 Å². The number of rotatable bonds is 5. The molecule has 1 N–H and O–H groups in total. The van der Waals surface area contributed by atoms with Crippen molar-refractivity contribution in [2.24, 2.45) is 0 Å². The van der Waals surface area contributed by atoms with E-state index in [9.17, 15) is 19.2 Å². The van der Waals surface area contributed by atoms with Crippen molar-refractivity contribution in [3.8, 4) is 11.5 Å². The second-order valence-electron chi connectivity index (χ2n) is 9.35. The van der Waals surface area contributed by atoms with Gasteiger partial charge in [-0.2, -0.15) is 0 Å². The van der Waals surface area contributed by atoms with Gasteiger partial charge < -0.3 is 24.6 Å². The summed E-state index contributed by atoms with van der Waals surface area (Å²) in [7, 11) is 0. The summed E-state index contributed by atoms with van der Waals surface area (Å²) in [6, 6.07) is 6.92. The number of hydrogen-bond donors (Lipinski definition) is 1. The molecule has 0 radical (unpaired) electrons. The van der Waals surface area contributed by atoms with Crippen LogP contribution in [0.3, 0.4) is 0 Å². The first kappa shape index (κ1) is 22.5. The zero-order valence-corrected chi connectivity index (χ0v) is 19.2. The van der Waals surface area contributed by atoms with E-state index >= 15 is 0 Å².